The van der Waals surface area contributed by atoms with Gasteiger partial charge in [0.25, 0.3) is 0 Å². The third-order valence-electron chi connectivity index (χ3n) is 8.13. The van der Waals surface area contributed by atoms with Gasteiger partial charge in [-0.25, -0.2) is 0 Å². The Balaban J connectivity index is 1.45. The Bertz CT molecular complexity index is 964. The van der Waals surface area contributed by atoms with Crippen molar-refractivity contribution in [2.45, 2.75) is 121 Å². The summed E-state index contributed by atoms with van der Waals surface area (Å²) in [5.74, 6) is -0.594. The van der Waals surface area contributed by atoms with E-state index in [1.807, 2.05) is 6.92 Å². The van der Waals surface area contributed by atoms with Crippen molar-refractivity contribution in [1.29, 1.82) is 0 Å². The minimum atomic E-state index is -0.735. The lowest BCUT2D eigenvalue weighted by atomic mass is 9.85. The first-order valence-electron chi connectivity index (χ1n) is 14.7. The van der Waals surface area contributed by atoms with Crippen LogP contribution < -0.4 is 10.6 Å². The van der Waals surface area contributed by atoms with Crippen LogP contribution in [0.4, 0.5) is 0 Å². The van der Waals surface area contributed by atoms with Crippen molar-refractivity contribution in [3.8, 4) is 0 Å². The van der Waals surface area contributed by atoms with E-state index < -0.39 is 29.9 Å². The van der Waals surface area contributed by atoms with Crippen molar-refractivity contribution < 1.29 is 43.5 Å². The molecule has 3 aliphatic heterocycles. The smallest absolute Gasteiger partial charge is 0.303 e. The van der Waals surface area contributed by atoms with Gasteiger partial charge in [-0.1, -0.05) is 18.6 Å². The Morgan fingerprint density at radius 1 is 1.17 bits per heavy atom. The zero-order valence-corrected chi connectivity index (χ0v) is 25.0. The molecule has 9 atom stereocenters. The monoisotopic (exact) mass is 580 g/mol. The van der Waals surface area contributed by atoms with Gasteiger partial charge in [-0.05, 0) is 58.4 Å². The molecule has 11 heteroatoms. The lowest BCUT2D eigenvalue weighted by molar-refractivity contribution is -0.160. The fraction of sp³-hybridized carbons (Fsp3) is 0.767. The molecule has 1 spiro atoms. The highest BCUT2D eigenvalue weighted by Gasteiger charge is 2.58. The third-order valence-corrected chi connectivity index (χ3v) is 8.13. The molecule has 232 valence electrons. The van der Waals surface area contributed by atoms with Crippen molar-refractivity contribution >= 4 is 17.8 Å². The number of carbonyl (C=O) groups excluding carboxylic acids is 3. The summed E-state index contributed by atoms with van der Waals surface area (Å²) in [4.78, 5) is 35.5. The van der Waals surface area contributed by atoms with E-state index in [4.69, 9.17) is 24.1 Å². The number of nitrogens with one attached hydrogen (secondary N) is 2. The first-order valence-corrected chi connectivity index (χ1v) is 14.7. The molecule has 3 aliphatic rings. The molecular formula is C30H48N2O9. The van der Waals surface area contributed by atoms with Crippen molar-refractivity contribution in [2.75, 3.05) is 19.8 Å². The highest BCUT2D eigenvalue weighted by Crippen LogP contribution is 2.44. The van der Waals surface area contributed by atoms with E-state index in [2.05, 4.69) is 30.6 Å². The summed E-state index contributed by atoms with van der Waals surface area (Å²) < 4.78 is 23.0. The summed E-state index contributed by atoms with van der Waals surface area (Å²) in [6.07, 6.45) is 6.53. The number of rotatable bonds is 13. The van der Waals surface area contributed by atoms with E-state index in [1.54, 1.807) is 13.0 Å². The lowest BCUT2D eigenvalue weighted by Gasteiger charge is -2.39. The number of hydrogen-bond donors (Lipinski definition) is 4. The molecule has 0 unspecified atom stereocenters. The number of carbonyl (C=O) groups is 3. The van der Waals surface area contributed by atoms with Crippen LogP contribution in [0.3, 0.4) is 0 Å². The van der Waals surface area contributed by atoms with E-state index in [9.17, 15) is 19.5 Å². The quantitative estimate of drug-likeness (QED) is 0.110. The Kier molecular flexibility index (Phi) is 12.3. The third kappa shape index (κ3) is 10.2. The first-order chi connectivity index (χ1) is 19.4. The number of allylic oxidation sites excluding steroid dienone is 1. The fourth-order valence-electron chi connectivity index (χ4n) is 5.67. The molecule has 4 N–H and O–H groups in total. The van der Waals surface area contributed by atoms with Gasteiger partial charge in [-0.2, -0.15) is 0 Å². The topological polar surface area (TPSA) is 156 Å². The molecule has 0 saturated carbocycles. The number of hydrogen-bond acceptors (Lipinski definition) is 9. The molecule has 3 saturated heterocycles. The van der Waals surface area contributed by atoms with Crippen molar-refractivity contribution in [3.63, 3.8) is 0 Å². The number of ether oxygens (including phenoxy) is 4. The number of aliphatic hydroxyl groups is 2. The standard InChI is InChI=1S/C30H48N2O9/c1-18(7-10-26-29(37)30(17-38-30)16-23(41-26)15-28(36)31-12-13-33)6-9-25-19(2)14-24(21(4)40-25)32-27(35)11-8-20(3)39-22(5)34/h6,8,11,19-21,23-26,29,33,37H,7,9-10,12-17H2,1-5H3,(H,31,36)(H,32,35)/b11-8-,18-6+/t19-,20-,21+,23+,24+,25-,26+,29+,30+/m0/s1. The Labute approximate surface area is 243 Å². The maximum absolute atomic E-state index is 12.4. The molecule has 3 heterocycles. The Hall–Kier alpha value is -2.31. The molecule has 0 aromatic heterocycles. The first kappa shape index (κ1) is 33.2. The normalized spacial score (nSPS) is 34.3. The number of esters is 1. The van der Waals surface area contributed by atoms with Gasteiger partial charge >= 0.3 is 5.97 Å². The maximum atomic E-state index is 12.4. The van der Waals surface area contributed by atoms with Gasteiger partial charge in [0.2, 0.25) is 11.8 Å². The van der Waals surface area contributed by atoms with E-state index in [1.165, 1.54) is 18.6 Å². The predicted octanol–water partition coefficient (Wildman–Crippen LogP) is 1.70. The largest absolute Gasteiger partial charge is 0.459 e. The summed E-state index contributed by atoms with van der Waals surface area (Å²) in [7, 11) is 0. The molecule has 11 nitrogen and oxygen atoms in total. The summed E-state index contributed by atoms with van der Waals surface area (Å²) in [6.45, 7) is 9.72. The molecule has 3 fully saturated rings. The van der Waals surface area contributed by atoms with Gasteiger partial charge in [0.05, 0.1) is 50.1 Å². The van der Waals surface area contributed by atoms with Crippen molar-refractivity contribution in [2.24, 2.45) is 5.92 Å². The number of aliphatic hydroxyl groups excluding tert-OH is 2. The van der Waals surface area contributed by atoms with Gasteiger partial charge in [-0.15, -0.1) is 0 Å². The van der Waals surface area contributed by atoms with Crippen LogP contribution in [0.1, 0.15) is 73.1 Å². The van der Waals surface area contributed by atoms with E-state index in [0.29, 0.717) is 19.4 Å². The van der Waals surface area contributed by atoms with E-state index in [-0.39, 0.29) is 61.7 Å². The van der Waals surface area contributed by atoms with Crippen molar-refractivity contribution in [3.05, 3.63) is 23.8 Å². The van der Waals surface area contributed by atoms with Crippen LogP contribution in [0.5, 0.6) is 0 Å². The second-order valence-corrected chi connectivity index (χ2v) is 11.8. The molecule has 2 amide bonds. The molecule has 0 radical (unpaired) electrons. The van der Waals surface area contributed by atoms with Crippen LogP contribution in [-0.2, 0) is 33.3 Å². The number of epoxide rings is 1. The molecule has 0 bridgehead atoms. The van der Waals surface area contributed by atoms with Gasteiger partial charge in [0.15, 0.2) is 0 Å². The molecular weight excluding hydrogens is 532 g/mol. The number of amides is 2. The van der Waals surface area contributed by atoms with Gasteiger partial charge in [0, 0.05) is 26.0 Å². The fourth-order valence-corrected chi connectivity index (χ4v) is 5.67. The molecule has 0 aromatic carbocycles. The van der Waals surface area contributed by atoms with Crippen LogP contribution in [0.25, 0.3) is 0 Å². The van der Waals surface area contributed by atoms with Crippen LogP contribution in [0.15, 0.2) is 23.8 Å². The van der Waals surface area contributed by atoms with E-state index >= 15 is 0 Å². The van der Waals surface area contributed by atoms with Crippen LogP contribution in [-0.4, -0.2) is 96.0 Å². The minimum absolute atomic E-state index is 0.0223. The second-order valence-electron chi connectivity index (χ2n) is 11.8. The van der Waals surface area contributed by atoms with Crippen LogP contribution >= 0.6 is 0 Å². The molecule has 0 aliphatic carbocycles. The van der Waals surface area contributed by atoms with E-state index in [0.717, 1.165) is 19.3 Å². The molecule has 3 rings (SSSR count). The second kappa shape index (κ2) is 15.2. The van der Waals surface area contributed by atoms with Gasteiger partial charge < -0.3 is 39.8 Å². The van der Waals surface area contributed by atoms with Crippen molar-refractivity contribution in [1.82, 2.24) is 10.6 Å². The SMILES string of the molecule is CC(=O)O[C@@H](C)/C=C\C(=O)N[C@@H]1C[C@H](C)[C@H](C/C=C(\C)CC[C@H]2O[C@H](CC(=O)NCCO)C[C@@]3(CO3)[C@@H]2O)O[C@@H]1C. The van der Waals surface area contributed by atoms with Crippen LogP contribution in [0.2, 0.25) is 0 Å². The average Bonchev–Trinajstić information content (AvgIpc) is 3.68. The van der Waals surface area contributed by atoms with Gasteiger partial charge in [-0.3, -0.25) is 14.4 Å². The summed E-state index contributed by atoms with van der Waals surface area (Å²) in [6, 6.07) is -0.118. The van der Waals surface area contributed by atoms with Crippen LogP contribution in [0, 0.1) is 5.92 Å². The molecule has 41 heavy (non-hydrogen) atoms. The molecule has 0 aromatic rings. The lowest BCUT2D eigenvalue weighted by Crippen LogP contribution is -2.51. The summed E-state index contributed by atoms with van der Waals surface area (Å²) in [5.41, 5.74) is 0.548. The predicted molar refractivity (Wildman–Crippen MR) is 151 cm³/mol. The maximum Gasteiger partial charge on any atom is 0.303 e. The minimum Gasteiger partial charge on any atom is -0.459 e. The summed E-state index contributed by atoms with van der Waals surface area (Å²) in [5, 5.41) is 25.4. The summed E-state index contributed by atoms with van der Waals surface area (Å²) >= 11 is 0. The van der Waals surface area contributed by atoms with Gasteiger partial charge in [0.1, 0.15) is 17.8 Å². The Morgan fingerprint density at radius 3 is 2.56 bits per heavy atom. The zero-order valence-electron chi connectivity index (χ0n) is 25.0. The Morgan fingerprint density at radius 2 is 1.90 bits per heavy atom. The highest BCUT2D eigenvalue weighted by molar-refractivity contribution is 5.87. The average molecular weight is 581 g/mol. The highest BCUT2D eigenvalue weighted by atomic mass is 16.6. The zero-order chi connectivity index (χ0) is 30.2.